The van der Waals surface area contributed by atoms with E-state index < -0.39 is 0 Å². The number of fused-ring (bicyclic) bond motifs is 1. The van der Waals surface area contributed by atoms with Crippen molar-refractivity contribution >= 4 is 5.52 Å². The number of aryl methyl sites for hydroxylation is 5. The van der Waals surface area contributed by atoms with Crippen molar-refractivity contribution in [3.8, 4) is 11.3 Å². The van der Waals surface area contributed by atoms with Gasteiger partial charge in [-0.25, -0.2) is 4.52 Å². The summed E-state index contributed by atoms with van der Waals surface area (Å²) in [7, 11) is 0. The zero-order chi connectivity index (χ0) is 14.4. The van der Waals surface area contributed by atoms with Crippen LogP contribution in [0.3, 0.4) is 0 Å². The normalized spacial score (nSPS) is 11.2. The van der Waals surface area contributed by atoms with E-state index in [1.807, 2.05) is 6.92 Å². The first kappa shape index (κ1) is 12.9. The summed E-state index contributed by atoms with van der Waals surface area (Å²) in [5.74, 6) is 0. The minimum absolute atomic E-state index is 1.04. The molecule has 0 spiro atoms. The first-order chi connectivity index (χ1) is 9.47. The van der Waals surface area contributed by atoms with Crippen molar-refractivity contribution < 1.29 is 0 Å². The quantitative estimate of drug-likeness (QED) is 0.630. The van der Waals surface area contributed by atoms with Crippen LogP contribution in [-0.2, 0) is 0 Å². The Bertz CT molecular complexity index is 787. The van der Waals surface area contributed by atoms with Gasteiger partial charge in [0.25, 0.3) is 0 Å². The van der Waals surface area contributed by atoms with Gasteiger partial charge in [-0.05, 0) is 69.5 Å². The molecule has 0 bridgehead atoms. The average molecular weight is 264 g/mol. The van der Waals surface area contributed by atoms with Crippen molar-refractivity contribution in [2.45, 2.75) is 34.6 Å². The molecule has 2 aromatic heterocycles. The highest BCUT2D eigenvalue weighted by Crippen LogP contribution is 2.31. The Morgan fingerprint density at radius 2 is 1.45 bits per heavy atom. The van der Waals surface area contributed by atoms with Crippen LogP contribution in [0, 0.1) is 34.6 Å². The van der Waals surface area contributed by atoms with Crippen LogP contribution < -0.4 is 0 Å². The van der Waals surface area contributed by atoms with Gasteiger partial charge in [-0.1, -0.05) is 17.7 Å². The molecule has 3 rings (SSSR count). The summed E-state index contributed by atoms with van der Waals surface area (Å²) in [6, 6.07) is 11.0. The van der Waals surface area contributed by atoms with Crippen molar-refractivity contribution in [1.82, 2.24) is 9.61 Å². The van der Waals surface area contributed by atoms with E-state index in [9.17, 15) is 0 Å². The predicted octanol–water partition coefficient (Wildman–Crippen LogP) is 4.54. The molecule has 0 atom stereocenters. The number of hydrogen-bond acceptors (Lipinski definition) is 1. The SMILES string of the molecule is Cc1cc(C)c(-c2cc(C)c3ccc(C)nn23)c(C)c1. The summed E-state index contributed by atoms with van der Waals surface area (Å²) < 4.78 is 2.08. The number of hydrogen-bond donors (Lipinski definition) is 0. The lowest BCUT2D eigenvalue weighted by Gasteiger charge is -2.11. The predicted molar refractivity (Wildman–Crippen MR) is 84.3 cm³/mol. The van der Waals surface area contributed by atoms with Crippen LogP contribution in [0.4, 0.5) is 0 Å². The number of nitrogens with zero attached hydrogens (tertiary/aromatic N) is 2. The van der Waals surface area contributed by atoms with E-state index >= 15 is 0 Å². The molecule has 0 aliphatic carbocycles. The van der Waals surface area contributed by atoms with Gasteiger partial charge in [0, 0.05) is 5.56 Å². The van der Waals surface area contributed by atoms with Gasteiger partial charge in [-0.2, -0.15) is 5.10 Å². The largest absolute Gasteiger partial charge is 0.233 e. The molecule has 2 nitrogen and oxygen atoms in total. The molecular formula is C18H20N2. The molecule has 0 N–H and O–H groups in total. The molecule has 0 amide bonds. The summed E-state index contributed by atoms with van der Waals surface area (Å²) in [4.78, 5) is 0. The molecule has 0 saturated heterocycles. The Balaban J connectivity index is 2.38. The molecule has 0 aliphatic heterocycles. The fraction of sp³-hybridized carbons (Fsp3) is 0.278. The minimum atomic E-state index is 1.04. The molecule has 0 radical (unpaired) electrons. The number of rotatable bonds is 1. The van der Waals surface area contributed by atoms with Gasteiger partial charge in [0.2, 0.25) is 0 Å². The van der Waals surface area contributed by atoms with Crippen molar-refractivity contribution in [2.24, 2.45) is 0 Å². The van der Waals surface area contributed by atoms with Gasteiger partial charge >= 0.3 is 0 Å². The highest BCUT2D eigenvalue weighted by Gasteiger charge is 2.13. The molecule has 0 unspecified atom stereocenters. The summed E-state index contributed by atoms with van der Waals surface area (Å²) in [5.41, 5.74) is 9.92. The summed E-state index contributed by atoms with van der Waals surface area (Å²) in [5, 5.41) is 4.69. The van der Waals surface area contributed by atoms with E-state index in [2.05, 4.69) is 62.5 Å². The van der Waals surface area contributed by atoms with Crippen molar-refractivity contribution in [3.63, 3.8) is 0 Å². The van der Waals surface area contributed by atoms with Crippen molar-refractivity contribution in [1.29, 1.82) is 0 Å². The lowest BCUT2D eigenvalue weighted by atomic mass is 9.97. The molecular weight excluding hydrogens is 244 g/mol. The summed E-state index contributed by atoms with van der Waals surface area (Å²) >= 11 is 0. The topological polar surface area (TPSA) is 17.3 Å². The lowest BCUT2D eigenvalue weighted by Crippen LogP contribution is -1.98. The van der Waals surface area contributed by atoms with Gasteiger partial charge in [0.1, 0.15) is 0 Å². The van der Waals surface area contributed by atoms with Gasteiger partial charge in [-0.15, -0.1) is 0 Å². The van der Waals surface area contributed by atoms with Crippen LogP contribution in [0.25, 0.3) is 16.8 Å². The Hall–Kier alpha value is -2.09. The second-order valence-electron chi connectivity index (χ2n) is 5.76. The number of aromatic nitrogens is 2. The fourth-order valence-electron chi connectivity index (χ4n) is 3.10. The van der Waals surface area contributed by atoms with Crippen molar-refractivity contribution in [2.75, 3.05) is 0 Å². The van der Waals surface area contributed by atoms with Gasteiger partial charge < -0.3 is 0 Å². The molecule has 0 fully saturated rings. The van der Waals surface area contributed by atoms with E-state index in [1.165, 1.54) is 39.0 Å². The second kappa shape index (κ2) is 4.48. The maximum Gasteiger partial charge on any atom is 0.0733 e. The van der Waals surface area contributed by atoms with Gasteiger partial charge in [-0.3, -0.25) is 0 Å². The number of benzene rings is 1. The molecule has 0 saturated carbocycles. The van der Waals surface area contributed by atoms with Crippen LogP contribution in [0.5, 0.6) is 0 Å². The third kappa shape index (κ3) is 1.92. The molecule has 20 heavy (non-hydrogen) atoms. The van der Waals surface area contributed by atoms with Crippen LogP contribution >= 0.6 is 0 Å². The van der Waals surface area contributed by atoms with Crippen LogP contribution in [0.15, 0.2) is 30.3 Å². The van der Waals surface area contributed by atoms with Crippen LogP contribution in [0.2, 0.25) is 0 Å². The zero-order valence-electron chi connectivity index (χ0n) is 12.8. The van der Waals surface area contributed by atoms with E-state index in [0.717, 1.165) is 5.69 Å². The average Bonchev–Trinajstić information content (AvgIpc) is 2.65. The third-order valence-corrected chi connectivity index (χ3v) is 3.89. The molecule has 1 aromatic carbocycles. The van der Waals surface area contributed by atoms with E-state index in [-0.39, 0.29) is 0 Å². The van der Waals surface area contributed by atoms with Crippen LogP contribution in [0.1, 0.15) is 27.9 Å². The lowest BCUT2D eigenvalue weighted by molar-refractivity contribution is 0.909. The molecule has 2 heteroatoms. The standard InChI is InChI=1S/C18H20N2/c1-11-8-13(3)18(14(4)9-11)17-10-12(2)16-7-6-15(5)19-20(16)17/h6-10H,1-5H3. The summed E-state index contributed by atoms with van der Waals surface area (Å²) in [6.07, 6.45) is 0. The Kier molecular flexibility index (Phi) is 2.89. The Labute approximate surface area is 120 Å². The van der Waals surface area contributed by atoms with Crippen molar-refractivity contribution in [3.05, 3.63) is 58.3 Å². The van der Waals surface area contributed by atoms with E-state index in [1.54, 1.807) is 0 Å². The third-order valence-electron chi connectivity index (χ3n) is 3.89. The highest BCUT2D eigenvalue weighted by atomic mass is 15.2. The smallest absolute Gasteiger partial charge is 0.0733 e. The summed E-state index contributed by atoms with van der Waals surface area (Å²) in [6.45, 7) is 10.7. The monoisotopic (exact) mass is 264 g/mol. The molecule has 0 aliphatic rings. The van der Waals surface area contributed by atoms with E-state index in [4.69, 9.17) is 5.10 Å². The second-order valence-corrected chi connectivity index (χ2v) is 5.76. The molecule has 102 valence electrons. The Morgan fingerprint density at radius 1 is 0.800 bits per heavy atom. The van der Waals surface area contributed by atoms with Gasteiger partial charge in [0.15, 0.2) is 0 Å². The molecule has 3 aromatic rings. The maximum absolute atomic E-state index is 4.69. The minimum Gasteiger partial charge on any atom is -0.233 e. The first-order valence-electron chi connectivity index (χ1n) is 7.01. The van der Waals surface area contributed by atoms with Gasteiger partial charge in [0.05, 0.1) is 16.9 Å². The fourth-order valence-corrected chi connectivity index (χ4v) is 3.10. The first-order valence-corrected chi connectivity index (χ1v) is 7.01. The molecule has 2 heterocycles. The zero-order valence-corrected chi connectivity index (χ0v) is 12.8. The Morgan fingerprint density at radius 3 is 2.10 bits per heavy atom. The van der Waals surface area contributed by atoms with Crippen LogP contribution in [-0.4, -0.2) is 9.61 Å². The highest BCUT2D eigenvalue weighted by molar-refractivity contribution is 5.75. The van der Waals surface area contributed by atoms with E-state index in [0.29, 0.717) is 0 Å². The maximum atomic E-state index is 4.69.